The molecule has 1 aromatic heterocycles. The van der Waals surface area contributed by atoms with Crippen LogP contribution in [-0.4, -0.2) is 41.5 Å². The van der Waals surface area contributed by atoms with Crippen LogP contribution in [0.25, 0.3) is 0 Å². The van der Waals surface area contributed by atoms with Crippen molar-refractivity contribution in [1.29, 1.82) is 0 Å². The Morgan fingerprint density at radius 2 is 2.33 bits per heavy atom. The van der Waals surface area contributed by atoms with Crippen molar-refractivity contribution in [3.63, 3.8) is 0 Å². The van der Waals surface area contributed by atoms with Crippen molar-refractivity contribution in [3.05, 3.63) is 28.5 Å². The van der Waals surface area contributed by atoms with E-state index in [1.807, 2.05) is 0 Å². The molecule has 18 heavy (non-hydrogen) atoms. The van der Waals surface area contributed by atoms with Crippen LogP contribution >= 0.6 is 15.9 Å². The molecule has 0 aromatic carbocycles. The van der Waals surface area contributed by atoms with Gasteiger partial charge in [-0.15, -0.1) is 0 Å². The largest absolute Gasteiger partial charge is 0.349 e. The van der Waals surface area contributed by atoms with Gasteiger partial charge in [0.2, 0.25) is 0 Å². The maximum atomic E-state index is 12.1. The van der Waals surface area contributed by atoms with Crippen molar-refractivity contribution in [2.24, 2.45) is 0 Å². The van der Waals surface area contributed by atoms with Crippen molar-refractivity contribution >= 4 is 21.8 Å². The van der Waals surface area contributed by atoms with Crippen LogP contribution in [0.4, 0.5) is 0 Å². The Morgan fingerprint density at radius 3 is 3.00 bits per heavy atom. The number of hydrogen-bond acceptors (Lipinski definition) is 3. The first kappa shape index (κ1) is 13.5. The first-order valence-corrected chi connectivity index (χ1v) is 6.97. The van der Waals surface area contributed by atoms with Crippen molar-refractivity contribution in [1.82, 2.24) is 15.2 Å². The molecule has 98 valence electrons. The minimum absolute atomic E-state index is 0.0365. The average molecular weight is 312 g/mol. The number of halogens is 1. The molecule has 1 aromatic rings. The van der Waals surface area contributed by atoms with Crippen LogP contribution in [0.1, 0.15) is 30.1 Å². The zero-order valence-electron chi connectivity index (χ0n) is 10.7. The molecule has 0 spiro atoms. The van der Waals surface area contributed by atoms with E-state index in [2.05, 4.69) is 45.1 Å². The minimum atomic E-state index is -0.0365. The van der Waals surface area contributed by atoms with E-state index < -0.39 is 0 Å². The molecule has 5 heteroatoms. The highest BCUT2D eigenvalue weighted by Gasteiger charge is 2.24. The van der Waals surface area contributed by atoms with E-state index >= 15 is 0 Å². The van der Waals surface area contributed by atoms with E-state index in [4.69, 9.17) is 0 Å². The molecule has 1 amide bonds. The summed E-state index contributed by atoms with van der Waals surface area (Å²) in [7, 11) is 2.13. The Balaban J connectivity index is 1.96. The number of aromatic nitrogens is 1. The quantitative estimate of drug-likeness (QED) is 0.909. The van der Waals surface area contributed by atoms with E-state index in [-0.39, 0.29) is 11.9 Å². The molecular formula is C13H18BrN3O. The Bertz CT molecular complexity index is 438. The number of piperidine rings is 1. The van der Waals surface area contributed by atoms with Crippen molar-refractivity contribution in [2.75, 3.05) is 13.6 Å². The van der Waals surface area contributed by atoms with Gasteiger partial charge in [0.1, 0.15) is 0 Å². The van der Waals surface area contributed by atoms with E-state index in [1.165, 1.54) is 0 Å². The zero-order valence-corrected chi connectivity index (χ0v) is 12.3. The lowest BCUT2D eigenvalue weighted by Gasteiger charge is -2.35. The van der Waals surface area contributed by atoms with Gasteiger partial charge in [-0.1, -0.05) is 0 Å². The number of carbonyl (C=O) groups is 1. The number of rotatable bonds is 2. The van der Waals surface area contributed by atoms with Gasteiger partial charge in [-0.2, -0.15) is 0 Å². The Hall–Kier alpha value is -0.940. The fourth-order valence-corrected chi connectivity index (χ4v) is 2.59. The predicted octanol–water partition coefficient (Wildman–Crippen LogP) is 2.06. The molecule has 1 aliphatic rings. The van der Waals surface area contributed by atoms with Crippen LogP contribution in [-0.2, 0) is 0 Å². The third-order valence-corrected chi connectivity index (χ3v) is 3.94. The highest BCUT2D eigenvalue weighted by molar-refractivity contribution is 9.10. The Labute approximate surface area is 116 Å². The second-order valence-corrected chi connectivity index (χ2v) is 5.83. The summed E-state index contributed by atoms with van der Waals surface area (Å²) >= 11 is 3.32. The van der Waals surface area contributed by atoms with Crippen molar-refractivity contribution in [3.8, 4) is 0 Å². The highest BCUT2D eigenvalue weighted by atomic mass is 79.9. The van der Waals surface area contributed by atoms with Crippen LogP contribution in [0.15, 0.2) is 22.9 Å². The maximum Gasteiger partial charge on any atom is 0.253 e. The number of carbonyl (C=O) groups excluding carboxylic acids is 1. The fourth-order valence-electron chi connectivity index (χ4n) is 2.23. The predicted molar refractivity (Wildman–Crippen MR) is 74.5 cm³/mol. The van der Waals surface area contributed by atoms with Crippen LogP contribution in [0, 0.1) is 0 Å². The standard InChI is InChI=1S/C13H18BrN3O/c1-9-5-12(3-4-17(9)2)16-13(18)10-6-11(14)8-15-7-10/h6-9,12H,3-5H2,1-2H3,(H,16,18). The molecular weight excluding hydrogens is 294 g/mol. The second kappa shape index (κ2) is 5.80. The Kier molecular flexibility index (Phi) is 4.35. The topological polar surface area (TPSA) is 45.2 Å². The van der Waals surface area contributed by atoms with Gasteiger partial charge in [-0.3, -0.25) is 9.78 Å². The smallest absolute Gasteiger partial charge is 0.253 e. The molecule has 4 nitrogen and oxygen atoms in total. The Morgan fingerprint density at radius 1 is 1.56 bits per heavy atom. The molecule has 2 atom stereocenters. The van der Waals surface area contributed by atoms with Gasteiger partial charge in [0.25, 0.3) is 5.91 Å². The van der Waals surface area contributed by atoms with E-state index in [0.29, 0.717) is 11.6 Å². The molecule has 1 aliphatic heterocycles. The van der Waals surface area contributed by atoms with Crippen LogP contribution in [0.2, 0.25) is 0 Å². The monoisotopic (exact) mass is 311 g/mol. The minimum Gasteiger partial charge on any atom is -0.349 e. The number of nitrogens with one attached hydrogen (secondary N) is 1. The fraction of sp³-hybridized carbons (Fsp3) is 0.538. The lowest BCUT2D eigenvalue weighted by molar-refractivity contribution is 0.0896. The first-order chi connectivity index (χ1) is 8.56. The third-order valence-electron chi connectivity index (χ3n) is 3.51. The summed E-state index contributed by atoms with van der Waals surface area (Å²) < 4.78 is 0.826. The van der Waals surface area contributed by atoms with Gasteiger partial charge in [0, 0.05) is 35.5 Å². The molecule has 0 radical (unpaired) electrons. The molecule has 1 fully saturated rings. The molecule has 1 saturated heterocycles. The molecule has 0 aliphatic carbocycles. The highest BCUT2D eigenvalue weighted by Crippen LogP contribution is 2.16. The molecule has 1 N–H and O–H groups in total. The van der Waals surface area contributed by atoms with Crippen LogP contribution in [0.3, 0.4) is 0 Å². The third kappa shape index (κ3) is 3.29. The summed E-state index contributed by atoms with van der Waals surface area (Å²) in [6.45, 7) is 3.22. The van der Waals surface area contributed by atoms with Crippen LogP contribution < -0.4 is 5.32 Å². The van der Waals surface area contributed by atoms with Crippen molar-refractivity contribution < 1.29 is 4.79 Å². The first-order valence-electron chi connectivity index (χ1n) is 6.18. The number of likely N-dealkylation sites (tertiary alicyclic amines) is 1. The lowest BCUT2D eigenvalue weighted by Crippen LogP contribution is -2.47. The molecule has 2 unspecified atom stereocenters. The average Bonchev–Trinajstić information content (AvgIpc) is 2.34. The SMILES string of the molecule is CC1CC(NC(=O)c2cncc(Br)c2)CCN1C. The number of pyridine rings is 1. The van der Waals surface area contributed by atoms with Gasteiger partial charge in [-0.05, 0) is 48.8 Å². The summed E-state index contributed by atoms with van der Waals surface area (Å²) in [5.74, 6) is -0.0365. The summed E-state index contributed by atoms with van der Waals surface area (Å²) in [6, 6.07) is 2.58. The van der Waals surface area contributed by atoms with Crippen molar-refractivity contribution in [2.45, 2.75) is 31.8 Å². The zero-order chi connectivity index (χ0) is 13.1. The molecule has 2 rings (SSSR count). The maximum absolute atomic E-state index is 12.1. The lowest BCUT2D eigenvalue weighted by atomic mass is 9.98. The summed E-state index contributed by atoms with van der Waals surface area (Å²) in [4.78, 5) is 18.4. The van der Waals surface area contributed by atoms with E-state index in [9.17, 15) is 4.79 Å². The number of nitrogens with zero attached hydrogens (tertiary/aromatic N) is 2. The van der Waals surface area contributed by atoms with Gasteiger partial charge in [-0.25, -0.2) is 0 Å². The van der Waals surface area contributed by atoms with Gasteiger partial charge >= 0.3 is 0 Å². The number of amides is 1. The van der Waals surface area contributed by atoms with Gasteiger partial charge in [0.15, 0.2) is 0 Å². The van der Waals surface area contributed by atoms with Crippen LogP contribution in [0.5, 0.6) is 0 Å². The number of hydrogen-bond donors (Lipinski definition) is 1. The summed E-state index contributed by atoms with van der Waals surface area (Å²) in [6.07, 6.45) is 5.28. The molecule has 0 saturated carbocycles. The van der Waals surface area contributed by atoms with E-state index in [1.54, 1.807) is 18.5 Å². The second-order valence-electron chi connectivity index (χ2n) is 4.92. The summed E-state index contributed by atoms with van der Waals surface area (Å²) in [5, 5.41) is 3.09. The van der Waals surface area contributed by atoms with Gasteiger partial charge in [0.05, 0.1) is 5.56 Å². The van der Waals surface area contributed by atoms with Gasteiger partial charge < -0.3 is 10.2 Å². The molecule has 0 bridgehead atoms. The van der Waals surface area contributed by atoms with E-state index in [0.717, 1.165) is 23.9 Å². The summed E-state index contributed by atoms with van der Waals surface area (Å²) in [5.41, 5.74) is 0.607. The normalized spacial score (nSPS) is 24.8. The molecule has 2 heterocycles.